The highest BCUT2D eigenvalue weighted by Gasteiger charge is 2.32. The fourth-order valence-corrected chi connectivity index (χ4v) is 2.34. The average molecular weight is 180 g/mol. The van der Waals surface area contributed by atoms with Gasteiger partial charge in [0, 0.05) is 6.42 Å². The van der Waals surface area contributed by atoms with E-state index in [1.54, 1.807) is 0 Å². The van der Waals surface area contributed by atoms with Gasteiger partial charge in [-0.25, -0.2) is 0 Å². The number of hydrogen-bond acceptors (Lipinski definition) is 1. The summed E-state index contributed by atoms with van der Waals surface area (Å²) in [5.74, 6) is 3.33. The highest BCUT2D eigenvalue weighted by molar-refractivity contribution is 4.92. The van der Waals surface area contributed by atoms with Gasteiger partial charge in [0.1, 0.15) is 0 Å². The van der Waals surface area contributed by atoms with Crippen molar-refractivity contribution in [2.45, 2.75) is 57.5 Å². The van der Waals surface area contributed by atoms with Crippen LogP contribution < -0.4 is 0 Å². The van der Waals surface area contributed by atoms with E-state index in [0.717, 1.165) is 25.2 Å². The quantitative estimate of drug-likeness (QED) is 0.662. The van der Waals surface area contributed by atoms with Crippen LogP contribution in [-0.2, 0) is 0 Å². The van der Waals surface area contributed by atoms with Gasteiger partial charge in [-0.05, 0) is 25.2 Å². The molecule has 1 aliphatic carbocycles. The summed E-state index contributed by atoms with van der Waals surface area (Å²) < 4.78 is 0. The lowest BCUT2D eigenvalue weighted by Crippen LogP contribution is -2.34. The van der Waals surface area contributed by atoms with Crippen molar-refractivity contribution < 1.29 is 5.11 Å². The number of rotatable bonds is 3. The van der Waals surface area contributed by atoms with Crippen LogP contribution in [0.2, 0.25) is 0 Å². The molecule has 0 aliphatic heterocycles. The molecular weight excluding hydrogens is 160 g/mol. The molecule has 0 saturated heterocycles. The molecule has 74 valence electrons. The molecule has 2 atom stereocenters. The van der Waals surface area contributed by atoms with Crippen LogP contribution in [0.5, 0.6) is 0 Å². The van der Waals surface area contributed by atoms with E-state index >= 15 is 0 Å². The zero-order chi connectivity index (χ0) is 9.73. The summed E-state index contributed by atoms with van der Waals surface area (Å²) >= 11 is 0. The molecule has 1 heteroatoms. The van der Waals surface area contributed by atoms with Crippen LogP contribution >= 0.6 is 0 Å². The first kappa shape index (κ1) is 10.6. The Bertz CT molecular complexity index is 192. The Labute approximate surface area is 81.5 Å². The Morgan fingerprint density at radius 2 is 2.38 bits per heavy atom. The van der Waals surface area contributed by atoms with Gasteiger partial charge in [0.25, 0.3) is 0 Å². The molecule has 0 aromatic carbocycles. The summed E-state index contributed by atoms with van der Waals surface area (Å²) in [6.07, 6.45) is 12.3. The van der Waals surface area contributed by atoms with Gasteiger partial charge in [-0.15, -0.1) is 12.3 Å². The van der Waals surface area contributed by atoms with Crippen molar-refractivity contribution >= 4 is 0 Å². The number of hydrogen-bond donors (Lipinski definition) is 1. The maximum atomic E-state index is 10.2. The third-order valence-corrected chi connectivity index (χ3v) is 3.24. The molecule has 1 rings (SSSR count). The molecule has 0 amide bonds. The fraction of sp³-hybridized carbons (Fsp3) is 0.833. The molecule has 1 fully saturated rings. The standard InChI is InChI=1S/C12H20O/c1-3-5-8-12(13)9-6-7-11(4-2)10-12/h1,11,13H,4-10H2,2H3. The van der Waals surface area contributed by atoms with Crippen LogP contribution in [0.1, 0.15) is 51.9 Å². The fourth-order valence-electron chi connectivity index (χ4n) is 2.34. The predicted octanol–water partition coefficient (Wildman–Crippen LogP) is 2.73. The minimum absolute atomic E-state index is 0.439. The molecule has 0 heterocycles. The van der Waals surface area contributed by atoms with E-state index in [-0.39, 0.29) is 0 Å². The van der Waals surface area contributed by atoms with E-state index < -0.39 is 5.60 Å². The second kappa shape index (κ2) is 4.67. The van der Waals surface area contributed by atoms with Gasteiger partial charge in [0.05, 0.1) is 5.60 Å². The van der Waals surface area contributed by atoms with Gasteiger partial charge in [-0.2, -0.15) is 0 Å². The van der Waals surface area contributed by atoms with Crippen LogP contribution in [0.4, 0.5) is 0 Å². The molecular formula is C12H20O. The predicted molar refractivity (Wildman–Crippen MR) is 55.3 cm³/mol. The normalized spacial score (nSPS) is 34.1. The van der Waals surface area contributed by atoms with Crippen LogP contribution in [0, 0.1) is 18.3 Å². The monoisotopic (exact) mass is 180 g/mol. The highest BCUT2D eigenvalue weighted by atomic mass is 16.3. The van der Waals surface area contributed by atoms with Gasteiger partial charge in [-0.1, -0.05) is 26.2 Å². The summed E-state index contributed by atoms with van der Waals surface area (Å²) in [6, 6.07) is 0. The summed E-state index contributed by atoms with van der Waals surface area (Å²) in [7, 11) is 0. The highest BCUT2D eigenvalue weighted by Crippen LogP contribution is 2.36. The smallest absolute Gasteiger partial charge is 0.0659 e. The SMILES string of the molecule is C#CCCC1(O)CCCC(CC)C1. The van der Waals surface area contributed by atoms with Crippen molar-refractivity contribution in [1.29, 1.82) is 0 Å². The Morgan fingerprint density at radius 3 is 3.00 bits per heavy atom. The van der Waals surface area contributed by atoms with Crippen molar-refractivity contribution in [3.8, 4) is 12.3 Å². The molecule has 0 spiro atoms. The molecule has 1 saturated carbocycles. The molecule has 0 radical (unpaired) electrons. The third kappa shape index (κ3) is 3.04. The van der Waals surface area contributed by atoms with Crippen LogP contribution in [0.25, 0.3) is 0 Å². The molecule has 1 aliphatic rings. The van der Waals surface area contributed by atoms with Gasteiger partial charge < -0.3 is 5.11 Å². The Balaban J connectivity index is 2.43. The number of aliphatic hydroxyl groups is 1. The van der Waals surface area contributed by atoms with E-state index in [2.05, 4.69) is 12.8 Å². The third-order valence-electron chi connectivity index (χ3n) is 3.24. The Morgan fingerprint density at radius 1 is 1.62 bits per heavy atom. The first-order valence-corrected chi connectivity index (χ1v) is 5.36. The lowest BCUT2D eigenvalue weighted by Gasteiger charge is -2.36. The van der Waals surface area contributed by atoms with Crippen LogP contribution in [0.15, 0.2) is 0 Å². The second-order valence-corrected chi connectivity index (χ2v) is 4.30. The summed E-state index contributed by atoms with van der Waals surface area (Å²) in [6.45, 7) is 2.21. The van der Waals surface area contributed by atoms with Crippen molar-refractivity contribution in [2.75, 3.05) is 0 Å². The van der Waals surface area contributed by atoms with Crippen molar-refractivity contribution in [1.82, 2.24) is 0 Å². The maximum absolute atomic E-state index is 10.2. The Kier molecular flexibility index (Phi) is 3.81. The van der Waals surface area contributed by atoms with Gasteiger partial charge in [-0.3, -0.25) is 0 Å². The summed E-state index contributed by atoms with van der Waals surface area (Å²) in [5, 5.41) is 10.2. The maximum Gasteiger partial charge on any atom is 0.0659 e. The van der Waals surface area contributed by atoms with Crippen LogP contribution in [-0.4, -0.2) is 10.7 Å². The molecule has 1 N–H and O–H groups in total. The van der Waals surface area contributed by atoms with E-state index in [1.807, 2.05) is 0 Å². The summed E-state index contributed by atoms with van der Waals surface area (Å²) in [5.41, 5.74) is -0.439. The minimum Gasteiger partial charge on any atom is -0.390 e. The largest absolute Gasteiger partial charge is 0.390 e. The molecule has 0 bridgehead atoms. The summed E-state index contributed by atoms with van der Waals surface area (Å²) in [4.78, 5) is 0. The van der Waals surface area contributed by atoms with Crippen LogP contribution in [0.3, 0.4) is 0 Å². The lowest BCUT2D eigenvalue weighted by atomic mass is 9.75. The molecule has 2 unspecified atom stereocenters. The minimum atomic E-state index is -0.439. The van der Waals surface area contributed by atoms with Crippen molar-refractivity contribution in [3.05, 3.63) is 0 Å². The first-order chi connectivity index (χ1) is 6.20. The van der Waals surface area contributed by atoms with Gasteiger partial charge >= 0.3 is 0 Å². The Hall–Kier alpha value is -0.480. The first-order valence-electron chi connectivity index (χ1n) is 5.36. The molecule has 1 nitrogen and oxygen atoms in total. The lowest BCUT2D eigenvalue weighted by molar-refractivity contribution is -0.0224. The molecule has 0 aromatic heterocycles. The molecule has 0 aromatic rings. The van der Waals surface area contributed by atoms with E-state index in [0.29, 0.717) is 6.42 Å². The van der Waals surface area contributed by atoms with E-state index in [9.17, 15) is 5.11 Å². The van der Waals surface area contributed by atoms with Gasteiger partial charge in [0.2, 0.25) is 0 Å². The topological polar surface area (TPSA) is 20.2 Å². The van der Waals surface area contributed by atoms with Crippen molar-refractivity contribution in [2.24, 2.45) is 5.92 Å². The van der Waals surface area contributed by atoms with E-state index in [1.165, 1.54) is 19.3 Å². The van der Waals surface area contributed by atoms with E-state index in [4.69, 9.17) is 6.42 Å². The zero-order valence-corrected chi connectivity index (χ0v) is 8.55. The second-order valence-electron chi connectivity index (χ2n) is 4.30. The van der Waals surface area contributed by atoms with Gasteiger partial charge in [0.15, 0.2) is 0 Å². The van der Waals surface area contributed by atoms with Crippen molar-refractivity contribution in [3.63, 3.8) is 0 Å². The number of terminal acetylenes is 1. The molecule has 13 heavy (non-hydrogen) atoms. The average Bonchev–Trinajstić information content (AvgIpc) is 2.15. The zero-order valence-electron chi connectivity index (χ0n) is 8.55.